The maximum Gasteiger partial charge on any atom is 0.306 e. The molecule has 0 aliphatic carbocycles. The van der Waals surface area contributed by atoms with Crippen molar-refractivity contribution in [2.45, 2.75) is 187 Å². The normalized spacial score (nSPS) is 12.3. The van der Waals surface area contributed by atoms with Crippen LogP contribution in [0.15, 0.2) is 12.2 Å². The number of carbonyl (C=O) groups excluding carboxylic acids is 1. The number of allylic oxidation sites excluding steroid dienone is 2. The molecule has 4 nitrogen and oxygen atoms in total. The van der Waals surface area contributed by atoms with Crippen molar-refractivity contribution in [3.05, 3.63) is 12.2 Å². The molecule has 0 aromatic heterocycles. The second-order valence-corrected chi connectivity index (χ2v) is 11.0. The Morgan fingerprint density at radius 2 is 1.03 bits per heavy atom. The molecule has 4 heteroatoms. The van der Waals surface area contributed by atoms with Crippen molar-refractivity contribution < 1.29 is 19.4 Å². The number of esters is 1. The average molecular weight is 523 g/mol. The molecule has 0 aliphatic heterocycles. The van der Waals surface area contributed by atoms with Crippen LogP contribution in [-0.4, -0.2) is 23.1 Å². The van der Waals surface area contributed by atoms with Crippen LogP contribution in [0.5, 0.6) is 0 Å². The maximum absolute atomic E-state index is 12.3. The first-order valence-electron chi connectivity index (χ1n) is 16.2. The first-order chi connectivity index (χ1) is 18.1. The van der Waals surface area contributed by atoms with Gasteiger partial charge in [0.1, 0.15) is 6.10 Å². The molecular formula is C33H62O4. The highest BCUT2D eigenvalue weighted by Crippen LogP contribution is 2.17. The van der Waals surface area contributed by atoms with Crippen LogP contribution >= 0.6 is 0 Å². The fourth-order valence-electron chi connectivity index (χ4n) is 4.86. The van der Waals surface area contributed by atoms with Crippen LogP contribution in [0.4, 0.5) is 0 Å². The van der Waals surface area contributed by atoms with Gasteiger partial charge in [0, 0.05) is 12.8 Å². The molecule has 0 aliphatic rings. The number of hydrogen-bond donors (Lipinski definition) is 1. The fourth-order valence-corrected chi connectivity index (χ4v) is 4.86. The summed E-state index contributed by atoms with van der Waals surface area (Å²) < 4.78 is 5.82. The maximum atomic E-state index is 12.3. The average Bonchev–Trinajstić information content (AvgIpc) is 2.87. The van der Waals surface area contributed by atoms with E-state index in [1.165, 1.54) is 103 Å². The summed E-state index contributed by atoms with van der Waals surface area (Å²) in [4.78, 5) is 22.8. The molecule has 0 fully saturated rings. The Morgan fingerprint density at radius 3 is 1.54 bits per heavy atom. The van der Waals surface area contributed by atoms with Crippen molar-refractivity contribution in [2.24, 2.45) is 0 Å². The van der Waals surface area contributed by atoms with Crippen LogP contribution in [-0.2, 0) is 14.3 Å². The molecule has 1 atom stereocenters. The van der Waals surface area contributed by atoms with Gasteiger partial charge >= 0.3 is 11.9 Å². The lowest BCUT2D eigenvalue weighted by atomic mass is 10.0. The van der Waals surface area contributed by atoms with Crippen LogP contribution in [0.3, 0.4) is 0 Å². The Balaban J connectivity index is 3.57. The van der Waals surface area contributed by atoms with Gasteiger partial charge in [0.15, 0.2) is 0 Å². The molecule has 0 aromatic rings. The van der Waals surface area contributed by atoms with Crippen LogP contribution in [0.1, 0.15) is 181 Å². The molecule has 0 rings (SSSR count). The van der Waals surface area contributed by atoms with Crippen molar-refractivity contribution in [3.8, 4) is 0 Å². The van der Waals surface area contributed by atoms with Gasteiger partial charge in [-0.3, -0.25) is 9.59 Å². The number of hydrogen-bond acceptors (Lipinski definition) is 3. The van der Waals surface area contributed by atoms with E-state index in [9.17, 15) is 9.59 Å². The molecule has 0 heterocycles. The summed E-state index contributed by atoms with van der Waals surface area (Å²) in [6, 6.07) is 0. The van der Waals surface area contributed by atoms with Gasteiger partial charge < -0.3 is 9.84 Å². The lowest BCUT2D eigenvalue weighted by Gasteiger charge is -2.17. The third kappa shape index (κ3) is 29.1. The number of carboxylic acids is 1. The quantitative estimate of drug-likeness (QED) is 0.0602. The third-order valence-electron chi connectivity index (χ3n) is 7.22. The van der Waals surface area contributed by atoms with E-state index < -0.39 is 5.97 Å². The minimum atomic E-state index is -0.674. The Morgan fingerprint density at radius 1 is 0.568 bits per heavy atom. The van der Waals surface area contributed by atoms with Crippen LogP contribution in [0.2, 0.25) is 0 Å². The van der Waals surface area contributed by atoms with Crippen LogP contribution < -0.4 is 0 Å². The molecule has 0 amide bonds. The highest BCUT2D eigenvalue weighted by atomic mass is 16.5. The van der Waals surface area contributed by atoms with Gasteiger partial charge in [0.25, 0.3) is 0 Å². The SMILES string of the molecule is CCCC/C=C\CCCCCCCCC(=O)OC(CCC)CCCCCCCCCCCCCC(=O)O. The lowest BCUT2D eigenvalue weighted by molar-refractivity contribution is -0.150. The highest BCUT2D eigenvalue weighted by Gasteiger charge is 2.13. The van der Waals surface area contributed by atoms with Crippen molar-refractivity contribution in [1.82, 2.24) is 0 Å². The number of unbranched alkanes of at least 4 members (excludes halogenated alkanes) is 18. The molecule has 1 N–H and O–H groups in total. The van der Waals surface area contributed by atoms with E-state index in [-0.39, 0.29) is 12.1 Å². The van der Waals surface area contributed by atoms with E-state index >= 15 is 0 Å². The van der Waals surface area contributed by atoms with Gasteiger partial charge in [-0.05, 0) is 51.4 Å². The molecule has 0 aromatic carbocycles. The Kier molecular flexibility index (Phi) is 28.2. The first kappa shape index (κ1) is 35.7. The largest absolute Gasteiger partial charge is 0.481 e. The minimum absolute atomic E-state index is 0.0126. The van der Waals surface area contributed by atoms with Crippen molar-refractivity contribution in [3.63, 3.8) is 0 Å². The van der Waals surface area contributed by atoms with E-state index in [2.05, 4.69) is 26.0 Å². The van der Waals surface area contributed by atoms with Crippen LogP contribution in [0.25, 0.3) is 0 Å². The third-order valence-corrected chi connectivity index (χ3v) is 7.22. The fraction of sp³-hybridized carbons (Fsp3) is 0.879. The predicted octanol–water partition coefficient (Wildman–Crippen LogP) is 10.7. The molecule has 0 saturated carbocycles. The van der Waals surface area contributed by atoms with Gasteiger partial charge in [0.2, 0.25) is 0 Å². The van der Waals surface area contributed by atoms with E-state index in [1.807, 2.05) is 0 Å². The monoisotopic (exact) mass is 522 g/mol. The topological polar surface area (TPSA) is 63.6 Å². The highest BCUT2D eigenvalue weighted by molar-refractivity contribution is 5.69. The molecule has 0 saturated heterocycles. The summed E-state index contributed by atoms with van der Waals surface area (Å²) in [5.41, 5.74) is 0. The number of carboxylic acid groups (broad SMARTS) is 1. The Hall–Kier alpha value is -1.32. The Bertz CT molecular complexity index is 528. The van der Waals surface area contributed by atoms with Crippen molar-refractivity contribution >= 4 is 11.9 Å². The number of ether oxygens (including phenoxy) is 1. The van der Waals surface area contributed by atoms with Gasteiger partial charge in [0.05, 0.1) is 0 Å². The van der Waals surface area contributed by atoms with Crippen LogP contribution in [0, 0.1) is 0 Å². The molecular weight excluding hydrogens is 460 g/mol. The zero-order valence-corrected chi connectivity index (χ0v) is 24.8. The summed E-state index contributed by atoms with van der Waals surface area (Å²) in [6.45, 7) is 4.41. The summed E-state index contributed by atoms with van der Waals surface area (Å²) in [5, 5.41) is 8.64. The van der Waals surface area contributed by atoms with Gasteiger partial charge in [-0.1, -0.05) is 129 Å². The molecule has 0 radical (unpaired) electrons. The van der Waals surface area contributed by atoms with Gasteiger partial charge in [-0.25, -0.2) is 0 Å². The van der Waals surface area contributed by atoms with E-state index in [1.54, 1.807) is 0 Å². The van der Waals surface area contributed by atoms with E-state index in [0.29, 0.717) is 12.8 Å². The van der Waals surface area contributed by atoms with Crippen molar-refractivity contribution in [2.75, 3.05) is 0 Å². The molecule has 0 spiro atoms. The Labute approximate surface area is 230 Å². The second-order valence-electron chi connectivity index (χ2n) is 11.0. The zero-order valence-electron chi connectivity index (χ0n) is 24.8. The summed E-state index contributed by atoms with van der Waals surface area (Å²) in [5.74, 6) is -0.661. The number of carbonyl (C=O) groups is 2. The summed E-state index contributed by atoms with van der Waals surface area (Å²) in [7, 11) is 0. The number of aliphatic carboxylic acids is 1. The minimum Gasteiger partial charge on any atom is -0.481 e. The molecule has 37 heavy (non-hydrogen) atoms. The summed E-state index contributed by atoms with van der Waals surface area (Å²) in [6.07, 6.45) is 34.2. The predicted molar refractivity (Wildman–Crippen MR) is 158 cm³/mol. The lowest BCUT2D eigenvalue weighted by Crippen LogP contribution is -2.18. The zero-order chi connectivity index (χ0) is 27.2. The smallest absolute Gasteiger partial charge is 0.306 e. The first-order valence-corrected chi connectivity index (χ1v) is 16.2. The van der Waals surface area contributed by atoms with E-state index in [4.69, 9.17) is 9.84 Å². The molecule has 218 valence electrons. The second kappa shape index (κ2) is 29.2. The molecule has 1 unspecified atom stereocenters. The van der Waals surface area contributed by atoms with E-state index in [0.717, 1.165) is 51.4 Å². The standard InChI is InChI=1S/C33H62O4/c1-3-5-6-7-8-9-10-14-17-20-23-26-30-33(36)37-31(27-4-2)28-24-21-18-15-12-11-13-16-19-22-25-29-32(34)35/h7-8,31H,3-6,9-30H2,1-2H3,(H,34,35)/b8-7-. The molecule has 0 bridgehead atoms. The van der Waals surface area contributed by atoms with Gasteiger partial charge in [-0.2, -0.15) is 0 Å². The van der Waals surface area contributed by atoms with Crippen molar-refractivity contribution in [1.29, 1.82) is 0 Å². The number of rotatable bonds is 29. The van der Waals surface area contributed by atoms with Gasteiger partial charge in [-0.15, -0.1) is 0 Å². The summed E-state index contributed by atoms with van der Waals surface area (Å²) >= 11 is 0.